The van der Waals surface area contributed by atoms with Crippen LogP contribution in [0.25, 0.3) is 142 Å². The van der Waals surface area contributed by atoms with Gasteiger partial charge in [-0.05, 0) is 329 Å². The summed E-state index contributed by atoms with van der Waals surface area (Å²) < 4.78 is 6.39. The van der Waals surface area contributed by atoms with Gasteiger partial charge in [0.2, 0.25) is 0 Å². The first-order chi connectivity index (χ1) is 64.0. The number of rotatable bonds is 40. The van der Waals surface area contributed by atoms with Crippen LogP contribution in [0.15, 0.2) is 170 Å². The fourth-order valence-electron chi connectivity index (χ4n) is 19.8. The van der Waals surface area contributed by atoms with E-state index >= 15 is 0 Å². The Morgan fingerprint density at radius 3 is 0.511 bits per heavy atom. The lowest BCUT2D eigenvalue weighted by atomic mass is 9.69. The van der Waals surface area contributed by atoms with Crippen LogP contribution in [0.1, 0.15) is 225 Å². The van der Waals surface area contributed by atoms with Gasteiger partial charge >= 0.3 is 0 Å². The van der Waals surface area contributed by atoms with E-state index in [9.17, 15) is 0 Å². The van der Waals surface area contributed by atoms with Crippen molar-refractivity contribution in [3.63, 3.8) is 0 Å². The monoisotopic (exact) mass is 2040 g/mol. The predicted molar refractivity (Wildman–Crippen MR) is 623 cm³/mol. The lowest BCUT2D eigenvalue weighted by molar-refractivity contribution is 0.794. The molecule has 0 nitrogen and oxygen atoms in total. The summed E-state index contributed by atoms with van der Waals surface area (Å²) in [5.41, 5.74) is 27.8. The molecule has 1 spiro atoms. The molecule has 0 unspecified atom stereocenters. The topological polar surface area (TPSA) is 0 Å². The van der Waals surface area contributed by atoms with E-state index in [4.69, 9.17) is 0 Å². The molecule has 0 saturated carbocycles. The Morgan fingerprint density at radius 2 is 0.346 bits per heavy atom. The number of thiophene rings is 12. The van der Waals surface area contributed by atoms with Crippen molar-refractivity contribution >= 4 is 186 Å². The summed E-state index contributed by atoms with van der Waals surface area (Å²) in [4.78, 5) is 29.0. The second kappa shape index (κ2) is 40.8. The zero-order valence-corrected chi connectivity index (χ0v) is 96.3. The van der Waals surface area contributed by atoms with Crippen LogP contribution in [0.4, 0.5) is 0 Å². The summed E-state index contributed by atoms with van der Waals surface area (Å²) in [6, 6.07) is 72.6. The largest absolute Gasteiger partial charge is 0.144 e. The first-order valence-corrected chi connectivity index (χ1v) is 73.9. The normalized spacial score (nSPS) is 13.1. The minimum Gasteiger partial charge on any atom is -0.144 e. The van der Waals surface area contributed by atoms with Gasteiger partial charge in [0.15, 0.2) is 0 Å². The molecule has 12 heterocycles. The van der Waals surface area contributed by atoms with Crippen LogP contribution >= 0.6 is 136 Å². The Morgan fingerprint density at radius 1 is 0.180 bits per heavy atom. The van der Waals surface area contributed by atoms with Crippen molar-refractivity contribution in [1.29, 1.82) is 0 Å². The second-order valence-electron chi connectivity index (χ2n) is 42.0. The Kier molecular flexibility index (Phi) is 29.8. The molecule has 18 rings (SSSR count). The third kappa shape index (κ3) is 19.7. The van der Waals surface area contributed by atoms with E-state index in [1.165, 1.54) is 260 Å². The molecular formula is C117H136S12Si4. The minimum absolute atomic E-state index is 0.711. The summed E-state index contributed by atoms with van der Waals surface area (Å²) in [5, 5.41) is 0. The van der Waals surface area contributed by atoms with Crippen LogP contribution in [0.3, 0.4) is 0 Å². The van der Waals surface area contributed by atoms with Crippen LogP contribution in [0.5, 0.6) is 0 Å². The highest BCUT2D eigenvalue weighted by atomic mass is 32.1. The standard InChI is InChI=1S/C117H136S12Si4/c1-21-29-37-77-65-97(122-113(77)101-69-81(41-33-25-5)109(126-101)93-53-57-105(118-93)130(9,10)11)73-45-49-85-86-50-46-74(98-66-78(38-30-22-2)114(123-98)102-70-82(42-34-26-6)110(127-102)94-54-58-106(119-94)131(12,13)14)62-90(86)117(89(85)61-73)91-63-75(99-67-79(39-31-23-3)115(124-99)103-71-83(43-35-27-7)111(128-103)95-55-59-107(120-95)132(15,16)17)47-51-87(91)88-52-48-76(64-92(88)117)100-68-80(40-32-24-4)116(125-100)104-72-84(44-36-28-8)112(129-104)96-56-60-108(121-96)133(18,19)20/h45-72H,21-44H2,1-20H3. The molecule has 12 aromatic heterocycles. The highest BCUT2D eigenvalue weighted by Gasteiger charge is 2.53. The number of fused-ring (bicyclic) bond motifs is 10. The van der Waals surface area contributed by atoms with Crippen molar-refractivity contribution in [2.24, 2.45) is 0 Å². The van der Waals surface area contributed by atoms with Gasteiger partial charge in [-0.3, -0.25) is 0 Å². The molecule has 16 aromatic rings. The van der Waals surface area contributed by atoms with E-state index in [2.05, 4.69) is 440 Å². The molecule has 0 aliphatic heterocycles. The van der Waals surface area contributed by atoms with Crippen LogP contribution in [0, 0.1) is 0 Å². The number of unbranched alkanes of at least 4 members (excludes halogenated alkanes) is 8. The maximum atomic E-state index is 2.76. The van der Waals surface area contributed by atoms with Crippen molar-refractivity contribution in [2.75, 3.05) is 0 Å². The first kappa shape index (κ1) is 97.4. The molecule has 0 amide bonds. The van der Waals surface area contributed by atoms with Crippen molar-refractivity contribution in [2.45, 2.75) is 293 Å². The predicted octanol–water partition coefficient (Wildman–Crippen LogP) is 39.7. The van der Waals surface area contributed by atoms with Gasteiger partial charge in [-0.2, -0.15) is 0 Å². The third-order valence-electron chi connectivity index (χ3n) is 27.5. The number of benzene rings is 4. The lowest BCUT2D eigenvalue weighted by Gasteiger charge is -2.31. The van der Waals surface area contributed by atoms with E-state index < -0.39 is 37.7 Å². The first-order valence-electron chi connectivity index (χ1n) is 50.1. The molecule has 0 saturated heterocycles. The molecule has 0 fully saturated rings. The Bertz CT molecular complexity index is 6020. The third-order valence-corrected chi connectivity index (χ3v) is 57.3. The molecule has 0 atom stereocenters. The van der Waals surface area contributed by atoms with Gasteiger partial charge in [0, 0.05) is 97.5 Å². The maximum Gasteiger partial charge on any atom is 0.0904 e. The van der Waals surface area contributed by atoms with Crippen molar-refractivity contribution in [1.82, 2.24) is 0 Å². The van der Waals surface area contributed by atoms with E-state index in [1.807, 2.05) is 0 Å². The van der Waals surface area contributed by atoms with E-state index in [0.717, 1.165) is 103 Å². The van der Waals surface area contributed by atoms with Gasteiger partial charge < -0.3 is 0 Å². The zero-order valence-electron chi connectivity index (χ0n) is 82.5. The molecule has 4 aromatic carbocycles. The van der Waals surface area contributed by atoms with Crippen LogP contribution in [-0.2, 0) is 56.8 Å². The molecule has 0 N–H and O–H groups in total. The lowest BCUT2D eigenvalue weighted by Crippen LogP contribution is -2.34. The molecule has 2 aliphatic rings. The van der Waals surface area contributed by atoms with Crippen LogP contribution in [-0.4, -0.2) is 32.3 Å². The smallest absolute Gasteiger partial charge is 0.0904 e. The zero-order chi connectivity index (χ0) is 93.2. The summed E-state index contributed by atoms with van der Waals surface area (Å²) in [5.74, 6) is 0. The average molecular weight is 2040 g/mol. The highest BCUT2D eigenvalue weighted by Crippen LogP contribution is 2.66. The Balaban J connectivity index is 0.875. The molecule has 2 aliphatic carbocycles. The van der Waals surface area contributed by atoms with Gasteiger partial charge in [-0.1, -0.05) is 258 Å². The van der Waals surface area contributed by atoms with E-state index in [0.29, 0.717) is 0 Å². The summed E-state index contributed by atoms with van der Waals surface area (Å²) >= 11 is 24.9. The van der Waals surface area contributed by atoms with Crippen molar-refractivity contribution in [3.05, 3.63) is 237 Å². The molecule has 692 valence electrons. The fourth-order valence-corrected chi connectivity index (χ4v) is 42.2. The summed E-state index contributed by atoms with van der Waals surface area (Å²) in [6.07, 6.45) is 27.6. The highest BCUT2D eigenvalue weighted by molar-refractivity contribution is 7.35. The van der Waals surface area contributed by atoms with Gasteiger partial charge in [-0.15, -0.1) is 136 Å². The maximum absolute atomic E-state index is 2.76. The molecule has 0 bridgehead atoms. The Hall–Kier alpha value is -5.85. The van der Waals surface area contributed by atoms with E-state index in [-0.39, 0.29) is 0 Å². The second-order valence-corrected chi connectivity index (χ2v) is 76.4. The number of hydrogen-bond acceptors (Lipinski definition) is 12. The molecule has 16 heteroatoms. The van der Waals surface area contributed by atoms with Crippen LogP contribution in [0.2, 0.25) is 78.6 Å². The Labute approximate surface area is 849 Å². The quantitative estimate of drug-likeness (QED) is 0.0336. The van der Waals surface area contributed by atoms with Gasteiger partial charge in [0.05, 0.1) is 37.7 Å². The fraction of sp³-hybridized carbons (Fsp3) is 0.385. The average Bonchev–Trinajstić information content (AvgIpc) is 1.50. The van der Waals surface area contributed by atoms with Gasteiger partial charge in [0.1, 0.15) is 0 Å². The molecule has 133 heavy (non-hydrogen) atoms. The molecular weight excluding hydrogens is 1900 g/mol. The number of aryl methyl sites for hydroxylation is 8. The van der Waals surface area contributed by atoms with E-state index in [1.54, 1.807) is 18.0 Å². The summed E-state index contributed by atoms with van der Waals surface area (Å²) in [6.45, 7) is 49.1. The van der Waals surface area contributed by atoms with Crippen LogP contribution < -0.4 is 18.0 Å². The van der Waals surface area contributed by atoms with Crippen molar-refractivity contribution < 1.29 is 0 Å². The summed E-state index contributed by atoms with van der Waals surface area (Å²) in [7, 11) is -6.05. The molecule has 0 radical (unpaired) electrons. The van der Waals surface area contributed by atoms with Gasteiger partial charge in [0.25, 0.3) is 0 Å². The van der Waals surface area contributed by atoms with Gasteiger partial charge in [-0.25, -0.2) is 0 Å². The SMILES string of the molecule is CCCCc1cc(-c2ccc3c(c2)C2(c4cc(-c5cc(CCCC)c(-c6cc(CCCC)c(-c7ccc([Si](C)(C)C)s7)s6)s5)ccc4-3)c3cc(-c4cc(CCCC)c(-c5cc(CCCC)c(-c6ccc([Si](C)(C)C)s6)s5)s4)ccc3-c3ccc(-c4cc(CCCC)c(-c5cc(CCCC)c(-c6ccc([Si](C)(C)C)s6)s5)s4)cc32)sc1-c1cc(CCCC)c(-c2ccc([Si](C)(C)C)s2)s1. The van der Waals surface area contributed by atoms with Crippen molar-refractivity contribution in [3.8, 4) is 142 Å². The number of hydrogen-bond donors (Lipinski definition) is 0. The minimum atomic E-state index is -1.51.